The number of amides is 10. The van der Waals surface area contributed by atoms with Gasteiger partial charge in [0.2, 0.25) is 35.5 Å². The van der Waals surface area contributed by atoms with E-state index in [4.69, 9.17) is 54.6 Å². The fourth-order valence-corrected chi connectivity index (χ4v) is 19.3. The van der Waals surface area contributed by atoms with Crippen LogP contribution in [0.3, 0.4) is 0 Å². The van der Waals surface area contributed by atoms with Gasteiger partial charge in [0.05, 0.1) is 33.6 Å². The van der Waals surface area contributed by atoms with Gasteiger partial charge in [-0.3, -0.25) is 82.1 Å². The van der Waals surface area contributed by atoms with Crippen molar-refractivity contribution in [1.82, 2.24) is 68.9 Å². The van der Waals surface area contributed by atoms with Crippen molar-refractivity contribution < 1.29 is 61.1 Å². The van der Waals surface area contributed by atoms with Crippen molar-refractivity contribution in [2.45, 2.75) is 69.5 Å². The molecule has 2 atom stereocenters. The number of imidazole rings is 2. The number of piperidine rings is 4. The summed E-state index contributed by atoms with van der Waals surface area (Å²) in [4.78, 5) is 173. The summed E-state index contributed by atoms with van der Waals surface area (Å²) in [5, 5.41) is 10.3. The van der Waals surface area contributed by atoms with Crippen molar-refractivity contribution in [3.63, 3.8) is 0 Å². The predicted molar refractivity (Wildman–Crippen MR) is 433 cm³/mol. The molecule has 20 rings (SSSR count). The number of carbonyl (C=O) groups is 10. The molecule has 16 heterocycles. The van der Waals surface area contributed by atoms with Crippen LogP contribution in [0.5, 0.6) is 0 Å². The van der Waals surface area contributed by atoms with Crippen molar-refractivity contribution in [3.8, 4) is 33.9 Å². The van der Waals surface area contributed by atoms with Gasteiger partial charge in [-0.1, -0.05) is 23.2 Å². The number of anilines is 8. The first-order valence-corrected chi connectivity index (χ1v) is 40.2. The molecule has 0 radical (unpaired) electrons. The molecule has 10 aliphatic heterocycles. The first-order chi connectivity index (χ1) is 57.8. The van der Waals surface area contributed by atoms with Crippen molar-refractivity contribution in [2.24, 2.45) is 16.7 Å². The maximum absolute atomic E-state index is 16.9. The highest BCUT2D eigenvalue weighted by molar-refractivity contribution is 6.31. The maximum atomic E-state index is 16.9. The average Bonchev–Trinajstić information content (AvgIpc) is 1.09. The minimum atomic E-state index is -1.18. The number of likely N-dealkylation sites (tertiary alicyclic amines) is 2. The summed E-state index contributed by atoms with van der Waals surface area (Å²) in [6.45, 7) is 9.11. The molecule has 2 spiro atoms. The molecule has 10 amide bonds. The summed E-state index contributed by atoms with van der Waals surface area (Å²) in [5.41, 5.74) is 16.2. The number of hydrogen-bond donors (Lipinski definition) is 6. The molecule has 6 aromatic heterocycles. The largest absolute Gasteiger partial charge is 0.382 e. The van der Waals surface area contributed by atoms with Crippen molar-refractivity contribution in [2.75, 3.05) is 127 Å². The Morgan fingerprint density at radius 1 is 0.508 bits per heavy atom. The topological polar surface area (TPSA) is 383 Å². The van der Waals surface area contributed by atoms with Crippen molar-refractivity contribution in [1.29, 1.82) is 0 Å². The highest BCUT2D eigenvalue weighted by Crippen LogP contribution is 2.48. The molecule has 10 aromatic rings. The van der Waals surface area contributed by atoms with E-state index in [9.17, 15) is 47.9 Å². The predicted octanol–water partition coefficient (Wildman–Crippen LogP) is 7.59. The number of pyridine rings is 2. The van der Waals surface area contributed by atoms with E-state index in [1.165, 1.54) is 54.7 Å². The molecule has 8 N–H and O–H groups in total. The third-order valence-electron chi connectivity index (χ3n) is 25.3. The SMILES string of the molecule is Nc1nccn2c(N3CCC4(CC3)CN(CC3CN(c5ccc6c(c5)C(=O)N(C5CCC(=O)NC5=O)C6=O)C3)C4)nc(-c3ccc(C(=O)Nc4cc(Cl)cc(-c5cn6c(N7CCC8(CC7)CN(C7CN(c9cc%10c(cc9F)C(=O)N(C9CCC(=O)NC9=O)C%10=O)C7)C8)nc(-c7ccc(C(=O)Nc8cc(Cl)ccn8)cc7F)c6c(N)n5)n4)cc3F)c12. The van der Waals surface area contributed by atoms with Crippen LogP contribution in [0.1, 0.15) is 114 Å². The Morgan fingerprint density at radius 3 is 1.64 bits per heavy atom. The summed E-state index contributed by atoms with van der Waals surface area (Å²) in [6.07, 6.45) is 9.66. The zero-order chi connectivity index (χ0) is 82.8. The Hall–Kier alpha value is -13.0. The fourth-order valence-electron chi connectivity index (χ4n) is 19.0. The smallest absolute Gasteiger partial charge is 0.262 e. The second kappa shape index (κ2) is 28.6. The summed E-state index contributed by atoms with van der Waals surface area (Å²) in [6, 6.07) is 19.4. The molecule has 8 saturated heterocycles. The number of imide groups is 4. The number of nitrogens with one attached hydrogen (secondary N) is 4. The number of benzene rings is 4. The first kappa shape index (κ1) is 75.7. The molecular weight excluding hydrogens is 1590 g/mol. The minimum Gasteiger partial charge on any atom is -0.382 e. The Balaban J connectivity index is 0.496. The van der Waals surface area contributed by atoms with E-state index in [0.717, 1.165) is 105 Å². The van der Waals surface area contributed by atoms with Gasteiger partial charge in [-0.15, -0.1) is 0 Å². The lowest BCUT2D eigenvalue weighted by atomic mass is 9.71. The van der Waals surface area contributed by atoms with Crippen LogP contribution < -0.4 is 52.3 Å². The number of rotatable bonds is 16. The van der Waals surface area contributed by atoms with Crippen LogP contribution in [0.4, 0.5) is 59.7 Å². The fraction of sp³-hybridized carbons (Fsp3) is 0.325. The summed E-state index contributed by atoms with van der Waals surface area (Å²) in [5.74, 6) is -6.97. The molecular formula is C83H73Cl2F3N22O10. The molecule has 0 aliphatic carbocycles. The van der Waals surface area contributed by atoms with Crippen molar-refractivity contribution >= 4 is 140 Å². The molecule has 120 heavy (non-hydrogen) atoms. The molecule has 32 nitrogen and oxygen atoms in total. The highest BCUT2D eigenvalue weighted by atomic mass is 35.5. The van der Waals surface area contributed by atoms with Crippen molar-refractivity contribution in [3.05, 3.63) is 177 Å². The van der Waals surface area contributed by atoms with E-state index in [2.05, 4.69) is 55.7 Å². The van der Waals surface area contributed by atoms with E-state index < -0.39 is 88.6 Å². The van der Waals surface area contributed by atoms with E-state index >= 15 is 13.2 Å². The van der Waals surface area contributed by atoms with Gasteiger partial charge in [0.25, 0.3) is 35.4 Å². The number of carbonyl (C=O) groups excluding carboxylic acids is 10. The van der Waals surface area contributed by atoms with Gasteiger partial charge in [0.1, 0.15) is 75.1 Å². The molecule has 8 fully saturated rings. The molecule has 0 bridgehead atoms. The van der Waals surface area contributed by atoms with Gasteiger partial charge in [-0.2, -0.15) is 0 Å². The summed E-state index contributed by atoms with van der Waals surface area (Å²) < 4.78 is 53.0. The number of fused-ring (bicyclic) bond motifs is 4. The Bertz CT molecular complexity index is 6180. The van der Waals surface area contributed by atoms with Crippen LogP contribution in [0, 0.1) is 34.2 Å². The Morgan fingerprint density at radius 2 is 1.05 bits per heavy atom. The summed E-state index contributed by atoms with van der Waals surface area (Å²) in [7, 11) is 0. The first-order valence-electron chi connectivity index (χ1n) is 39.5. The highest BCUT2D eigenvalue weighted by Gasteiger charge is 2.53. The average molecular weight is 1670 g/mol. The maximum Gasteiger partial charge on any atom is 0.262 e. The number of nitrogens with two attached hydrogens (primary N) is 2. The number of nitrogens with zero attached hydrogens (tertiary/aromatic N) is 16. The van der Waals surface area contributed by atoms with E-state index in [1.54, 1.807) is 41.2 Å². The molecule has 0 saturated carbocycles. The van der Waals surface area contributed by atoms with Crippen LogP contribution in [0.25, 0.3) is 44.9 Å². The van der Waals surface area contributed by atoms with Crippen LogP contribution in [0.2, 0.25) is 10.0 Å². The normalized spacial score (nSPS) is 20.5. The third kappa shape index (κ3) is 13.0. The van der Waals surface area contributed by atoms with Crippen LogP contribution in [-0.4, -0.2) is 221 Å². The molecule has 4 aromatic carbocycles. The van der Waals surface area contributed by atoms with Gasteiger partial charge in [-0.05, 0) is 140 Å². The van der Waals surface area contributed by atoms with E-state index in [-0.39, 0.29) is 149 Å². The second-order valence-corrected chi connectivity index (χ2v) is 33.7. The number of nitrogen functional groups attached to an aromatic ring is 2. The van der Waals surface area contributed by atoms with E-state index in [1.807, 2.05) is 15.4 Å². The minimum absolute atomic E-state index is 0.00573. The second-order valence-electron chi connectivity index (χ2n) is 32.8. The zero-order valence-electron chi connectivity index (χ0n) is 63.9. The monoisotopic (exact) mass is 1660 g/mol. The molecule has 37 heteroatoms. The molecule has 610 valence electrons. The van der Waals surface area contributed by atoms with Gasteiger partial charge in [0.15, 0.2) is 5.82 Å². The van der Waals surface area contributed by atoms with Crippen LogP contribution >= 0.6 is 23.2 Å². The Labute approximate surface area is 690 Å². The van der Waals surface area contributed by atoms with E-state index in [0.29, 0.717) is 67.6 Å². The molecule has 10 aliphatic rings. The lowest BCUT2D eigenvalue weighted by molar-refractivity contribution is -0.137. The van der Waals surface area contributed by atoms with Crippen LogP contribution in [0.15, 0.2) is 116 Å². The Kier molecular flexibility index (Phi) is 18.1. The quantitative estimate of drug-likeness (QED) is 0.0507. The number of aromatic nitrogens is 8. The molecule has 2 unspecified atom stereocenters. The number of hydrogen-bond acceptors (Lipinski definition) is 24. The van der Waals surface area contributed by atoms with Gasteiger partial charge >= 0.3 is 0 Å². The van der Waals surface area contributed by atoms with Gasteiger partial charge in [-0.25, -0.2) is 43.1 Å². The zero-order valence-corrected chi connectivity index (χ0v) is 65.4. The summed E-state index contributed by atoms with van der Waals surface area (Å²) >= 11 is 13.0. The van der Waals surface area contributed by atoms with Gasteiger partial charge < -0.3 is 46.6 Å². The lowest BCUT2D eigenvalue weighted by Gasteiger charge is -2.60. The third-order valence-corrected chi connectivity index (χ3v) is 25.8. The lowest BCUT2D eigenvalue weighted by Crippen LogP contribution is -2.70. The number of halogens is 5. The van der Waals surface area contributed by atoms with Gasteiger partial charge in [0, 0.05) is 173 Å². The standard InChI is InChI=1S/C83H73Cl2F3N22O10/c84-44-11-16-91-62(26-44)95-72(113)42-1-5-50(55(87)23-42)67-69-71(90)94-58(36-108(69)81(100-67)103-20-14-83(15-21-103)39-106(40-83)47-34-105(35-47)61-30-53-52(29-56(61)88)78(119)110(79(53)120)60-8-10-65(112)98-75(60)116)57-25-45(85)27-63(93-57)96-73(114)43-2-4-49(54(86)24-43)66-68-70(89)92-17-22-107(68)80(99-66)102-18-12-82(13-19-102)37-101(38-82)31-41-32-104(33-41)46-3-6-48-51(28-46)77(118)109(76(48)117)59-7-9-64(111)97-74(59)115/h1-6,11,16-17,22-30,36,41,47,59-60H,7-10,12-15,18-21,31-35,37-40H2,(H2,89,92)(H2,90,94)(H,91,95,113)(H,93,96,114)(H,97,111,115)(H,98,112,116). The van der Waals surface area contributed by atoms with Crippen LogP contribution in [-0.2, 0) is 19.2 Å².